The van der Waals surface area contributed by atoms with Gasteiger partial charge in [0.15, 0.2) is 0 Å². The first-order valence-electron chi connectivity index (χ1n) is 7.06. The molecule has 0 saturated heterocycles. The summed E-state index contributed by atoms with van der Waals surface area (Å²) in [4.78, 5) is 2.83. The van der Waals surface area contributed by atoms with Crippen molar-refractivity contribution in [3.63, 3.8) is 0 Å². The predicted octanol–water partition coefficient (Wildman–Crippen LogP) is 5.09. The molecule has 0 aliphatic carbocycles. The lowest BCUT2D eigenvalue weighted by Crippen LogP contribution is -2.18. The number of thiophene rings is 1. The van der Waals surface area contributed by atoms with Gasteiger partial charge in [-0.15, -0.1) is 11.3 Å². The van der Waals surface area contributed by atoms with Crippen LogP contribution in [0.15, 0.2) is 30.3 Å². The summed E-state index contributed by atoms with van der Waals surface area (Å²) >= 11 is 1.92. The zero-order chi connectivity index (χ0) is 13.8. The molecule has 0 fully saturated rings. The number of rotatable bonds is 5. The lowest BCUT2D eigenvalue weighted by atomic mass is 10.0. The molecule has 1 aromatic heterocycles. The van der Waals surface area contributed by atoms with Crippen LogP contribution in [0.5, 0.6) is 0 Å². The van der Waals surface area contributed by atoms with Crippen molar-refractivity contribution in [3.8, 4) is 10.4 Å². The van der Waals surface area contributed by atoms with E-state index in [9.17, 15) is 0 Å². The summed E-state index contributed by atoms with van der Waals surface area (Å²) in [7, 11) is 0. The molecule has 102 valence electrons. The van der Waals surface area contributed by atoms with Gasteiger partial charge in [0, 0.05) is 15.8 Å². The number of benzene rings is 1. The summed E-state index contributed by atoms with van der Waals surface area (Å²) in [5.74, 6) is 0. The van der Waals surface area contributed by atoms with Gasteiger partial charge in [-0.3, -0.25) is 0 Å². The Morgan fingerprint density at radius 1 is 1.11 bits per heavy atom. The summed E-state index contributed by atoms with van der Waals surface area (Å²) in [5, 5.41) is 3.55. The molecule has 1 heterocycles. The molecule has 2 rings (SSSR count). The molecule has 1 aromatic carbocycles. The molecule has 19 heavy (non-hydrogen) atoms. The van der Waals surface area contributed by atoms with E-state index in [0.29, 0.717) is 6.04 Å². The second-order valence-corrected chi connectivity index (χ2v) is 6.15. The second-order valence-electron chi connectivity index (χ2n) is 5.04. The minimum atomic E-state index is 0.494. The first-order valence-corrected chi connectivity index (χ1v) is 7.88. The number of nitrogens with one attached hydrogen (secondary N) is 1. The minimum Gasteiger partial charge on any atom is -0.310 e. The van der Waals surface area contributed by atoms with E-state index in [1.54, 1.807) is 0 Å². The normalized spacial score (nSPS) is 12.6. The fraction of sp³-hybridized carbons (Fsp3) is 0.412. The van der Waals surface area contributed by atoms with Crippen LogP contribution in [-0.4, -0.2) is 6.54 Å². The van der Waals surface area contributed by atoms with E-state index in [2.05, 4.69) is 63.3 Å². The third kappa shape index (κ3) is 3.26. The first-order chi connectivity index (χ1) is 9.15. The highest BCUT2D eigenvalue weighted by molar-refractivity contribution is 7.15. The van der Waals surface area contributed by atoms with Crippen LogP contribution >= 0.6 is 11.3 Å². The van der Waals surface area contributed by atoms with Crippen LogP contribution in [0.4, 0.5) is 0 Å². The van der Waals surface area contributed by atoms with Crippen molar-refractivity contribution in [3.05, 3.63) is 46.3 Å². The molecule has 0 spiro atoms. The Labute approximate surface area is 120 Å². The highest BCUT2D eigenvalue weighted by Crippen LogP contribution is 2.34. The highest BCUT2D eigenvalue weighted by atomic mass is 32.1. The fourth-order valence-corrected chi connectivity index (χ4v) is 3.63. The Morgan fingerprint density at radius 3 is 2.58 bits per heavy atom. The molecule has 0 aliphatic heterocycles. The monoisotopic (exact) mass is 273 g/mol. The van der Waals surface area contributed by atoms with Crippen LogP contribution in [0.1, 0.15) is 42.3 Å². The van der Waals surface area contributed by atoms with Crippen molar-refractivity contribution >= 4 is 11.3 Å². The molecular formula is C17H23NS. The van der Waals surface area contributed by atoms with Crippen molar-refractivity contribution in [2.24, 2.45) is 0 Å². The lowest BCUT2D eigenvalue weighted by Gasteiger charge is -2.13. The van der Waals surface area contributed by atoms with Gasteiger partial charge in [-0.05, 0) is 50.1 Å². The Hall–Kier alpha value is -1.12. The zero-order valence-electron chi connectivity index (χ0n) is 12.3. The Bertz CT molecular complexity index is 542. The van der Waals surface area contributed by atoms with Crippen LogP contribution in [0.2, 0.25) is 0 Å². The average Bonchev–Trinajstić information content (AvgIpc) is 2.88. The molecule has 1 N–H and O–H groups in total. The molecule has 2 heteroatoms. The van der Waals surface area contributed by atoms with Gasteiger partial charge in [0.25, 0.3) is 0 Å². The van der Waals surface area contributed by atoms with Gasteiger partial charge in [0.1, 0.15) is 0 Å². The van der Waals surface area contributed by atoms with E-state index >= 15 is 0 Å². The molecule has 1 atom stereocenters. The Kier molecular flexibility index (Phi) is 4.78. The second kappa shape index (κ2) is 6.36. The third-order valence-electron chi connectivity index (χ3n) is 3.49. The van der Waals surface area contributed by atoms with Crippen LogP contribution in [0.3, 0.4) is 0 Å². The summed E-state index contributed by atoms with van der Waals surface area (Å²) in [6, 6.07) is 11.7. The average molecular weight is 273 g/mol. The third-order valence-corrected chi connectivity index (χ3v) is 4.72. The molecule has 1 unspecified atom stereocenters. The summed E-state index contributed by atoms with van der Waals surface area (Å²) in [6.07, 6.45) is 1.14. The van der Waals surface area contributed by atoms with Gasteiger partial charge >= 0.3 is 0 Å². The van der Waals surface area contributed by atoms with Gasteiger partial charge in [-0.2, -0.15) is 0 Å². The van der Waals surface area contributed by atoms with Gasteiger partial charge < -0.3 is 5.32 Å². The largest absolute Gasteiger partial charge is 0.310 e. The first kappa shape index (κ1) is 14.3. The number of hydrogen-bond donors (Lipinski definition) is 1. The lowest BCUT2D eigenvalue weighted by molar-refractivity contribution is 0.545. The molecule has 0 aliphatic rings. The molecule has 0 radical (unpaired) electrons. The number of aryl methyl sites for hydroxylation is 2. The van der Waals surface area contributed by atoms with Crippen LogP contribution in [0.25, 0.3) is 10.4 Å². The van der Waals surface area contributed by atoms with E-state index in [1.165, 1.54) is 26.4 Å². The van der Waals surface area contributed by atoms with Crippen molar-refractivity contribution < 1.29 is 0 Å². The van der Waals surface area contributed by atoms with Crippen molar-refractivity contribution in [2.75, 3.05) is 6.54 Å². The SMILES string of the molecule is CCNC(CC)c1ccc(-c2cc(C)ccc2C)s1. The summed E-state index contributed by atoms with van der Waals surface area (Å²) < 4.78 is 0. The van der Waals surface area contributed by atoms with E-state index < -0.39 is 0 Å². The fourth-order valence-electron chi connectivity index (χ4n) is 2.38. The van der Waals surface area contributed by atoms with Gasteiger partial charge in [0.2, 0.25) is 0 Å². The molecular weight excluding hydrogens is 250 g/mol. The maximum absolute atomic E-state index is 3.55. The van der Waals surface area contributed by atoms with Crippen molar-refractivity contribution in [1.29, 1.82) is 0 Å². The van der Waals surface area contributed by atoms with Crippen molar-refractivity contribution in [1.82, 2.24) is 5.32 Å². The standard InChI is InChI=1S/C17H23NS/c1-5-15(18-6-2)17-10-9-16(19-17)14-11-12(3)7-8-13(14)4/h7-11,15,18H,5-6H2,1-4H3. The highest BCUT2D eigenvalue weighted by Gasteiger charge is 2.12. The molecule has 1 nitrogen and oxygen atoms in total. The molecule has 0 bridgehead atoms. The smallest absolute Gasteiger partial charge is 0.0412 e. The van der Waals surface area contributed by atoms with Crippen molar-refractivity contribution in [2.45, 2.75) is 40.2 Å². The van der Waals surface area contributed by atoms with E-state index in [4.69, 9.17) is 0 Å². The van der Waals surface area contributed by atoms with E-state index in [-0.39, 0.29) is 0 Å². The topological polar surface area (TPSA) is 12.0 Å². The van der Waals surface area contributed by atoms with Gasteiger partial charge in [0.05, 0.1) is 0 Å². The van der Waals surface area contributed by atoms with Crippen LogP contribution in [-0.2, 0) is 0 Å². The molecule has 0 saturated carbocycles. The van der Waals surface area contributed by atoms with E-state index in [0.717, 1.165) is 13.0 Å². The predicted molar refractivity (Wildman–Crippen MR) is 85.9 cm³/mol. The Morgan fingerprint density at radius 2 is 1.89 bits per heavy atom. The van der Waals surface area contributed by atoms with Crippen LogP contribution in [0, 0.1) is 13.8 Å². The van der Waals surface area contributed by atoms with Gasteiger partial charge in [-0.1, -0.05) is 37.6 Å². The Balaban J connectivity index is 2.32. The molecule has 2 aromatic rings. The van der Waals surface area contributed by atoms with Crippen LogP contribution < -0.4 is 5.32 Å². The minimum absolute atomic E-state index is 0.494. The maximum Gasteiger partial charge on any atom is 0.0412 e. The quantitative estimate of drug-likeness (QED) is 0.800. The number of hydrogen-bond acceptors (Lipinski definition) is 2. The summed E-state index contributed by atoms with van der Waals surface area (Å²) in [6.45, 7) is 9.78. The summed E-state index contributed by atoms with van der Waals surface area (Å²) in [5.41, 5.74) is 4.06. The maximum atomic E-state index is 3.55. The molecule has 0 amide bonds. The van der Waals surface area contributed by atoms with E-state index in [1.807, 2.05) is 11.3 Å². The van der Waals surface area contributed by atoms with Gasteiger partial charge in [-0.25, -0.2) is 0 Å². The zero-order valence-corrected chi connectivity index (χ0v) is 13.1.